The Bertz CT molecular complexity index is 502. The van der Waals surface area contributed by atoms with Crippen molar-refractivity contribution in [2.24, 2.45) is 0 Å². The highest BCUT2D eigenvalue weighted by atomic mass is 79.9. The van der Waals surface area contributed by atoms with Gasteiger partial charge in [0.25, 0.3) is 0 Å². The molecule has 0 aliphatic heterocycles. The normalized spacial score (nSPS) is 10.1. The second kappa shape index (κ2) is 4.72. The number of hydrogen-bond donors (Lipinski definition) is 1. The second-order valence-corrected chi connectivity index (χ2v) is 4.40. The number of hydrogen-bond acceptors (Lipinski definition) is 3. The first-order valence-corrected chi connectivity index (χ1v) is 5.67. The van der Waals surface area contributed by atoms with E-state index in [2.05, 4.69) is 20.9 Å². The number of benzene rings is 1. The third-order valence-corrected chi connectivity index (χ3v) is 2.72. The molecule has 0 unspecified atom stereocenters. The monoisotopic (exact) mass is 298 g/mol. The average Bonchev–Trinajstić information content (AvgIpc) is 2.25. The molecule has 5 heteroatoms. The maximum Gasteiger partial charge on any atom is 0.219 e. The van der Waals surface area contributed by atoms with Crippen molar-refractivity contribution >= 4 is 33.2 Å². The molecule has 0 saturated heterocycles. The highest BCUT2D eigenvalue weighted by molar-refractivity contribution is 9.10. The van der Waals surface area contributed by atoms with Crippen molar-refractivity contribution in [2.45, 2.75) is 0 Å². The van der Waals surface area contributed by atoms with Crippen molar-refractivity contribution in [2.75, 3.05) is 5.73 Å². The van der Waals surface area contributed by atoms with Crippen molar-refractivity contribution in [3.8, 4) is 11.6 Å². The summed E-state index contributed by atoms with van der Waals surface area (Å²) in [5.74, 6) is 1.14. The Kier molecular flexibility index (Phi) is 3.31. The van der Waals surface area contributed by atoms with Gasteiger partial charge in [0.1, 0.15) is 5.75 Å². The average molecular weight is 300 g/mol. The van der Waals surface area contributed by atoms with Gasteiger partial charge in [0, 0.05) is 11.1 Å². The molecular formula is C11H8BrClN2O. The van der Waals surface area contributed by atoms with E-state index in [9.17, 15) is 0 Å². The lowest BCUT2D eigenvalue weighted by Crippen LogP contribution is -1.90. The Morgan fingerprint density at radius 1 is 1.25 bits per heavy atom. The fraction of sp³-hybridized carbons (Fsp3) is 0. The lowest BCUT2D eigenvalue weighted by atomic mass is 10.3. The predicted molar refractivity (Wildman–Crippen MR) is 67.9 cm³/mol. The van der Waals surface area contributed by atoms with Crippen LogP contribution in [-0.2, 0) is 0 Å². The van der Waals surface area contributed by atoms with Gasteiger partial charge in [-0.3, -0.25) is 0 Å². The molecule has 16 heavy (non-hydrogen) atoms. The topological polar surface area (TPSA) is 48.1 Å². The maximum absolute atomic E-state index is 5.82. The van der Waals surface area contributed by atoms with Crippen molar-refractivity contribution < 1.29 is 4.74 Å². The van der Waals surface area contributed by atoms with Crippen LogP contribution in [0.4, 0.5) is 5.69 Å². The van der Waals surface area contributed by atoms with Gasteiger partial charge in [-0.1, -0.05) is 11.6 Å². The van der Waals surface area contributed by atoms with E-state index in [0.717, 1.165) is 4.47 Å². The quantitative estimate of drug-likeness (QED) is 0.915. The first kappa shape index (κ1) is 11.2. The van der Waals surface area contributed by atoms with Crippen LogP contribution < -0.4 is 10.5 Å². The Morgan fingerprint density at radius 3 is 2.69 bits per heavy atom. The van der Waals surface area contributed by atoms with Crippen LogP contribution in [0, 0.1) is 0 Å². The van der Waals surface area contributed by atoms with Crippen molar-refractivity contribution in [3.05, 3.63) is 46.0 Å². The van der Waals surface area contributed by atoms with Gasteiger partial charge >= 0.3 is 0 Å². The second-order valence-electron chi connectivity index (χ2n) is 3.11. The summed E-state index contributed by atoms with van der Waals surface area (Å²) >= 11 is 9.18. The van der Waals surface area contributed by atoms with Crippen LogP contribution in [0.2, 0.25) is 5.02 Å². The molecule has 3 nitrogen and oxygen atoms in total. The molecule has 1 aromatic carbocycles. The molecule has 0 bridgehead atoms. The molecule has 82 valence electrons. The first-order valence-electron chi connectivity index (χ1n) is 4.49. The molecule has 0 saturated carbocycles. The van der Waals surface area contributed by atoms with E-state index in [-0.39, 0.29) is 0 Å². The zero-order valence-corrected chi connectivity index (χ0v) is 10.5. The van der Waals surface area contributed by atoms with Crippen molar-refractivity contribution in [3.63, 3.8) is 0 Å². The molecule has 2 aromatic rings. The summed E-state index contributed by atoms with van der Waals surface area (Å²) in [7, 11) is 0. The van der Waals surface area contributed by atoms with Crippen LogP contribution in [0.25, 0.3) is 0 Å². The van der Waals surface area contributed by atoms with Crippen LogP contribution in [0.15, 0.2) is 41.0 Å². The number of pyridine rings is 1. The number of nitrogen functional groups attached to an aromatic ring is 1. The van der Waals surface area contributed by atoms with Crippen LogP contribution in [0.5, 0.6) is 11.6 Å². The number of nitrogens with zero attached hydrogens (tertiary/aromatic N) is 1. The summed E-state index contributed by atoms with van der Waals surface area (Å²) in [5, 5.41) is 0.643. The van der Waals surface area contributed by atoms with Crippen LogP contribution in [0.3, 0.4) is 0 Å². The van der Waals surface area contributed by atoms with E-state index in [0.29, 0.717) is 22.3 Å². The molecule has 0 fully saturated rings. The van der Waals surface area contributed by atoms with Crippen molar-refractivity contribution in [1.82, 2.24) is 4.98 Å². The van der Waals surface area contributed by atoms with Gasteiger partial charge in [-0.2, -0.15) is 0 Å². The van der Waals surface area contributed by atoms with Crippen LogP contribution >= 0.6 is 27.5 Å². The fourth-order valence-electron chi connectivity index (χ4n) is 1.12. The van der Waals surface area contributed by atoms with Gasteiger partial charge in [-0.15, -0.1) is 0 Å². The minimum Gasteiger partial charge on any atom is -0.438 e. The van der Waals surface area contributed by atoms with Gasteiger partial charge in [0.2, 0.25) is 5.88 Å². The SMILES string of the molecule is Nc1ccc(Oc2ccc(Cl)cc2Br)nc1. The van der Waals surface area contributed by atoms with E-state index in [1.807, 2.05) is 0 Å². The molecule has 1 aromatic heterocycles. The molecule has 2 N–H and O–H groups in total. The molecule has 0 amide bonds. The number of nitrogens with two attached hydrogens (primary N) is 1. The molecule has 0 aliphatic rings. The van der Waals surface area contributed by atoms with Crippen LogP contribution in [0.1, 0.15) is 0 Å². The van der Waals surface area contributed by atoms with E-state index in [1.165, 1.54) is 0 Å². The summed E-state index contributed by atoms with van der Waals surface area (Å²) < 4.78 is 6.32. The number of anilines is 1. The molecule has 0 spiro atoms. The molecular weight excluding hydrogens is 291 g/mol. The van der Waals surface area contributed by atoms with E-state index < -0.39 is 0 Å². The Balaban J connectivity index is 2.23. The zero-order valence-electron chi connectivity index (χ0n) is 8.15. The summed E-state index contributed by atoms with van der Waals surface area (Å²) in [6.45, 7) is 0. The predicted octanol–water partition coefficient (Wildman–Crippen LogP) is 3.87. The zero-order chi connectivity index (χ0) is 11.5. The molecule has 0 aliphatic carbocycles. The molecule has 0 radical (unpaired) electrons. The molecule has 2 rings (SSSR count). The Labute approximate surface area is 106 Å². The molecule has 1 heterocycles. The largest absolute Gasteiger partial charge is 0.438 e. The summed E-state index contributed by atoms with van der Waals surface area (Å²) in [6.07, 6.45) is 1.54. The van der Waals surface area contributed by atoms with Gasteiger partial charge in [-0.05, 0) is 40.2 Å². The number of ether oxygens (including phenoxy) is 1. The minimum atomic E-state index is 0.484. The van der Waals surface area contributed by atoms with E-state index in [1.54, 1.807) is 36.5 Å². The van der Waals surface area contributed by atoms with Crippen LogP contribution in [-0.4, -0.2) is 4.98 Å². The van der Waals surface area contributed by atoms with Gasteiger partial charge < -0.3 is 10.5 Å². The Hall–Kier alpha value is -1.26. The summed E-state index contributed by atoms with van der Waals surface area (Å²) in [5.41, 5.74) is 6.12. The highest BCUT2D eigenvalue weighted by Crippen LogP contribution is 2.31. The number of aromatic nitrogens is 1. The Morgan fingerprint density at radius 2 is 2.06 bits per heavy atom. The van der Waals surface area contributed by atoms with Gasteiger partial charge in [-0.25, -0.2) is 4.98 Å². The van der Waals surface area contributed by atoms with Gasteiger partial charge in [0.05, 0.1) is 16.4 Å². The highest BCUT2D eigenvalue weighted by Gasteiger charge is 2.03. The standard InChI is InChI=1S/C11H8BrClN2O/c12-9-5-7(13)1-3-10(9)16-11-4-2-8(14)6-15-11/h1-6H,14H2. The number of rotatable bonds is 2. The van der Waals surface area contributed by atoms with E-state index >= 15 is 0 Å². The minimum absolute atomic E-state index is 0.484. The smallest absolute Gasteiger partial charge is 0.219 e. The van der Waals surface area contributed by atoms with E-state index in [4.69, 9.17) is 22.1 Å². The fourth-order valence-corrected chi connectivity index (χ4v) is 1.89. The lowest BCUT2D eigenvalue weighted by molar-refractivity contribution is 0.460. The number of halogens is 2. The maximum atomic E-state index is 5.82. The summed E-state index contributed by atoms with van der Waals surface area (Å²) in [6, 6.07) is 8.71. The summed E-state index contributed by atoms with van der Waals surface area (Å²) in [4.78, 5) is 4.04. The molecule has 0 atom stereocenters. The third kappa shape index (κ3) is 2.65. The first-order chi connectivity index (χ1) is 7.65. The third-order valence-electron chi connectivity index (χ3n) is 1.87. The lowest BCUT2D eigenvalue weighted by Gasteiger charge is -2.06. The van der Waals surface area contributed by atoms with Gasteiger partial charge in [0.15, 0.2) is 0 Å². The van der Waals surface area contributed by atoms with Crippen molar-refractivity contribution in [1.29, 1.82) is 0 Å².